The van der Waals surface area contributed by atoms with E-state index in [1.165, 1.54) is 0 Å². The molecular weight excluding hydrogens is 400 g/mol. The first-order valence-corrected chi connectivity index (χ1v) is 10.0. The number of H-pyrrole nitrogens is 1. The van der Waals surface area contributed by atoms with Gasteiger partial charge in [-0.3, -0.25) is 9.59 Å². The molecule has 0 bridgehead atoms. The Morgan fingerprint density at radius 1 is 1.34 bits per heavy atom. The van der Waals surface area contributed by atoms with Crippen LogP contribution in [0.25, 0.3) is 10.3 Å². The Labute approximate surface area is 168 Å². The summed E-state index contributed by atoms with van der Waals surface area (Å²) in [6.07, 6.45) is 1.44. The molecule has 1 aliphatic rings. The number of hydrogen-bond acceptors (Lipinski definition) is 6. The van der Waals surface area contributed by atoms with E-state index in [4.69, 9.17) is 0 Å². The van der Waals surface area contributed by atoms with E-state index in [1.807, 2.05) is 35.2 Å². The molecule has 1 atom stereocenters. The number of halogens is 2. The fourth-order valence-corrected chi connectivity index (χ4v) is 4.34. The number of nitrogens with zero attached hydrogens (tertiary/aromatic N) is 3. The Kier molecular flexibility index (Phi) is 5.03. The van der Waals surface area contributed by atoms with Crippen LogP contribution in [0, 0.1) is 0 Å². The molecule has 1 fully saturated rings. The third-order valence-corrected chi connectivity index (χ3v) is 5.77. The third kappa shape index (κ3) is 3.98. The zero-order valence-electron chi connectivity index (χ0n) is 15.6. The number of amides is 1. The summed E-state index contributed by atoms with van der Waals surface area (Å²) in [7, 11) is 0. The molecule has 4 rings (SSSR count). The molecule has 0 aliphatic carbocycles. The fraction of sp³-hybridized carbons (Fsp3) is 0.368. The second-order valence-corrected chi connectivity index (χ2v) is 7.96. The van der Waals surface area contributed by atoms with E-state index in [0.717, 1.165) is 23.3 Å². The van der Waals surface area contributed by atoms with Gasteiger partial charge in [-0.2, -0.15) is 8.78 Å². The van der Waals surface area contributed by atoms with Gasteiger partial charge in [0.15, 0.2) is 21.3 Å². The van der Waals surface area contributed by atoms with Crippen molar-refractivity contribution in [2.24, 2.45) is 0 Å². The van der Waals surface area contributed by atoms with Crippen LogP contribution < -0.4 is 15.8 Å². The van der Waals surface area contributed by atoms with Gasteiger partial charge >= 0.3 is 5.92 Å². The van der Waals surface area contributed by atoms with E-state index >= 15 is 0 Å². The molecule has 0 saturated carbocycles. The van der Waals surface area contributed by atoms with Crippen LogP contribution in [0.15, 0.2) is 35.1 Å². The minimum absolute atomic E-state index is 0.00773. The molecule has 1 aromatic carbocycles. The van der Waals surface area contributed by atoms with Crippen LogP contribution in [-0.4, -0.2) is 33.4 Å². The van der Waals surface area contributed by atoms with Gasteiger partial charge in [-0.05, 0) is 18.4 Å². The van der Waals surface area contributed by atoms with Crippen LogP contribution in [0.3, 0.4) is 0 Å². The van der Waals surface area contributed by atoms with Gasteiger partial charge < -0.3 is 15.2 Å². The zero-order chi connectivity index (χ0) is 20.6. The summed E-state index contributed by atoms with van der Waals surface area (Å²) in [5.74, 6) is -4.08. The molecule has 3 aromatic rings. The smallest absolute Gasteiger partial charge is 0.302 e. The first-order valence-electron chi connectivity index (χ1n) is 9.20. The quantitative estimate of drug-likeness (QED) is 0.664. The highest BCUT2D eigenvalue weighted by Gasteiger charge is 2.34. The number of aromatic nitrogens is 3. The molecule has 1 amide bonds. The van der Waals surface area contributed by atoms with Crippen LogP contribution in [0.4, 0.5) is 13.9 Å². The lowest BCUT2D eigenvalue weighted by atomic mass is 10.2. The van der Waals surface area contributed by atoms with Crippen LogP contribution in [0.5, 0.6) is 0 Å². The molecular formula is C19H19F2N5O2S. The average molecular weight is 419 g/mol. The summed E-state index contributed by atoms with van der Waals surface area (Å²) in [6.45, 7) is 1.69. The van der Waals surface area contributed by atoms with Crippen molar-refractivity contribution in [3.8, 4) is 0 Å². The minimum atomic E-state index is -3.26. The van der Waals surface area contributed by atoms with Crippen molar-refractivity contribution in [1.29, 1.82) is 0 Å². The van der Waals surface area contributed by atoms with E-state index in [2.05, 4.69) is 20.3 Å². The van der Waals surface area contributed by atoms with Gasteiger partial charge in [0.25, 0.3) is 5.56 Å². The summed E-state index contributed by atoms with van der Waals surface area (Å²) in [5, 5.41) is 3.37. The van der Waals surface area contributed by atoms with Gasteiger partial charge in [-0.15, -0.1) is 0 Å². The third-order valence-electron chi connectivity index (χ3n) is 4.78. The molecule has 7 nitrogen and oxygen atoms in total. The number of rotatable bonds is 5. The lowest BCUT2D eigenvalue weighted by molar-refractivity contribution is -0.122. The SMILES string of the molecule is CC(F)(F)c1nc2sc(N3CCC[C@@H]3C(=O)NCc3ccccc3)nc2c(=O)[nH]1. The molecule has 0 unspecified atom stereocenters. The number of nitrogens with one attached hydrogen (secondary N) is 2. The number of aromatic amines is 1. The Morgan fingerprint density at radius 3 is 2.83 bits per heavy atom. The van der Waals surface area contributed by atoms with Crippen LogP contribution in [0.1, 0.15) is 31.2 Å². The molecule has 2 N–H and O–H groups in total. The van der Waals surface area contributed by atoms with Crippen molar-refractivity contribution >= 4 is 32.7 Å². The largest absolute Gasteiger partial charge is 0.350 e. The molecule has 1 saturated heterocycles. The normalized spacial score (nSPS) is 17.1. The number of carbonyl (C=O) groups is 1. The minimum Gasteiger partial charge on any atom is -0.350 e. The van der Waals surface area contributed by atoms with Gasteiger partial charge in [0, 0.05) is 20.0 Å². The summed E-state index contributed by atoms with van der Waals surface area (Å²) >= 11 is 1.04. The predicted octanol–water partition coefficient (Wildman–Crippen LogP) is 2.78. The highest BCUT2D eigenvalue weighted by atomic mass is 32.1. The highest BCUT2D eigenvalue weighted by Crippen LogP contribution is 2.32. The maximum Gasteiger partial charge on any atom is 0.302 e. The molecule has 29 heavy (non-hydrogen) atoms. The summed E-state index contributed by atoms with van der Waals surface area (Å²) in [5.41, 5.74) is 0.292. The van der Waals surface area contributed by atoms with Gasteiger partial charge in [0.2, 0.25) is 5.91 Å². The van der Waals surface area contributed by atoms with Crippen LogP contribution in [0.2, 0.25) is 0 Å². The van der Waals surface area contributed by atoms with Crippen LogP contribution in [-0.2, 0) is 17.3 Å². The van der Waals surface area contributed by atoms with E-state index in [1.54, 1.807) is 0 Å². The first-order chi connectivity index (χ1) is 13.8. The topological polar surface area (TPSA) is 91.0 Å². The number of benzene rings is 1. The van der Waals surface area contributed by atoms with Crippen molar-refractivity contribution in [2.45, 2.75) is 38.3 Å². The predicted molar refractivity (Wildman–Crippen MR) is 106 cm³/mol. The maximum atomic E-state index is 13.6. The molecule has 0 radical (unpaired) electrons. The van der Waals surface area contributed by atoms with Gasteiger partial charge in [-0.25, -0.2) is 9.97 Å². The molecule has 0 spiro atoms. The fourth-order valence-electron chi connectivity index (χ4n) is 3.32. The highest BCUT2D eigenvalue weighted by molar-refractivity contribution is 7.21. The molecule has 3 heterocycles. The number of carbonyl (C=O) groups excluding carboxylic acids is 1. The molecule has 10 heteroatoms. The lowest BCUT2D eigenvalue weighted by Crippen LogP contribution is -2.43. The monoisotopic (exact) mass is 419 g/mol. The average Bonchev–Trinajstić information content (AvgIpc) is 3.33. The lowest BCUT2D eigenvalue weighted by Gasteiger charge is -2.23. The summed E-state index contributed by atoms with van der Waals surface area (Å²) in [4.78, 5) is 37.1. The van der Waals surface area contributed by atoms with Crippen molar-refractivity contribution in [2.75, 3.05) is 11.4 Å². The Morgan fingerprint density at radius 2 is 2.10 bits per heavy atom. The summed E-state index contributed by atoms with van der Waals surface area (Å²) in [6, 6.07) is 9.16. The maximum absolute atomic E-state index is 13.6. The van der Waals surface area contributed by atoms with E-state index in [-0.39, 0.29) is 16.3 Å². The van der Waals surface area contributed by atoms with E-state index < -0.39 is 23.3 Å². The van der Waals surface area contributed by atoms with Gasteiger partial charge in [-0.1, -0.05) is 41.7 Å². The van der Waals surface area contributed by atoms with E-state index in [0.29, 0.717) is 31.6 Å². The van der Waals surface area contributed by atoms with Crippen molar-refractivity contribution < 1.29 is 13.6 Å². The number of alkyl halides is 2. The number of fused-ring (bicyclic) bond motifs is 1. The zero-order valence-corrected chi connectivity index (χ0v) is 16.4. The molecule has 2 aromatic heterocycles. The standard InChI is InChI=1S/C19H19F2N5O2S/c1-19(20,21)17-24-15(28)13-16(25-17)29-18(23-13)26-9-5-8-12(26)14(27)22-10-11-6-3-2-4-7-11/h2-4,6-7,12H,5,8-10H2,1H3,(H,22,27)(H,24,25,28)/t12-/m1/s1. The second kappa shape index (κ2) is 7.51. The Hall–Kier alpha value is -2.88. The number of anilines is 1. The Balaban J connectivity index is 1.56. The molecule has 1 aliphatic heterocycles. The van der Waals surface area contributed by atoms with Gasteiger partial charge in [0.1, 0.15) is 6.04 Å². The summed E-state index contributed by atoms with van der Waals surface area (Å²) < 4.78 is 27.1. The number of hydrogen-bond donors (Lipinski definition) is 2. The molecule has 152 valence electrons. The van der Waals surface area contributed by atoms with E-state index in [9.17, 15) is 18.4 Å². The second-order valence-electron chi connectivity index (χ2n) is 7.01. The van der Waals surface area contributed by atoms with Crippen molar-refractivity contribution in [3.05, 3.63) is 52.1 Å². The van der Waals surface area contributed by atoms with Crippen LogP contribution >= 0.6 is 11.3 Å². The first kappa shape index (κ1) is 19.4. The van der Waals surface area contributed by atoms with Crippen molar-refractivity contribution in [3.63, 3.8) is 0 Å². The Bertz CT molecular complexity index is 1090. The van der Waals surface area contributed by atoms with Gasteiger partial charge in [0.05, 0.1) is 0 Å². The number of thiazole rings is 1. The van der Waals surface area contributed by atoms with Crippen molar-refractivity contribution in [1.82, 2.24) is 20.3 Å².